The standard InChI is InChI=1S/C20H42OS2/c1-5-7-9-11-13-15-17-19(22-3)21-20(23-4)18-16-14-12-10-8-6-2/h19-20H,5-18H2,1-4H3. The van der Waals surface area contributed by atoms with Gasteiger partial charge < -0.3 is 4.74 Å². The first kappa shape index (κ1) is 23.7. The van der Waals surface area contributed by atoms with Gasteiger partial charge in [0.2, 0.25) is 0 Å². The summed E-state index contributed by atoms with van der Waals surface area (Å²) in [5, 5.41) is 0. The minimum Gasteiger partial charge on any atom is -0.354 e. The maximum absolute atomic E-state index is 6.33. The quantitative estimate of drug-likeness (QED) is 0.181. The van der Waals surface area contributed by atoms with Crippen molar-refractivity contribution in [2.75, 3.05) is 12.5 Å². The van der Waals surface area contributed by atoms with Crippen molar-refractivity contribution < 1.29 is 4.74 Å². The normalized spacial score (nSPS) is 14.1. The van der Waals surface area contributed by atoms with Crippen LogP contribution in [0.25, 0.3) is 0 Å². The third-order valence-electron chi connectivity index (χ3n) is 4.42. The Hall–Kier alpha value is 0.660. The van der Waals surface area contributed by atoms with Crippen molar-refractivity contribution in [3.05, 3.63) is 0 Å². The molecule has 23 heavy (non-hydrogen) atoms. The molecule has 0 spiro atoms. The van der Waals surface area contributed by atoms with Crippen molar-refractivity contribution in [2.24, 2.45) is 0 Å². The number of unbranched alkanes of at least 4 members (excludes halogenated alkanes) is 10. The van der Waals surface area contributed by atoms with E-state index in [1.54, 1.807) is 0 Å². The van der Waals surface area contributed by atoms with Crippen molar-refractivity contribution in [1.82, 2.24) is 0 Å². The highest BCUT2D eigenvalue weighted by Crippen LogP contribution is 2.25. The Morgan fingerprint density at radius 1 is 0.565 bits per heavy atom. The van der Waals surface area contributed by atoms with Crippen molar-refractivity contribution in [1.29, 1.82) is 0 Å². The van der Waals surface area contributed by atoms with Gasteiger partial charge in [-0.05, 0) is 38.2 Å². The monoisotopic (exact) mass is 362 g/mol. The second-order valence-corrected chi connectivity index (χ2v) is 8.57. The summed E-state index contributed by atoms with van der Waals surface area (Å²) in [5.41, 5.74) is 0.803. The van der Waals surface area contributed by atoms with Crippen LogP contribution in [0.4, 0.5) is 0 Å². The fraction of sp³-hybridized carbons (Fsp3) is 1.00. The Morgan fingerprint density at radius 3 is 1.26 bits per heavy atom. The molecule has 0 heterocycles. The molecular formula is C20H42OS2. The van der Waals surface area contributed by atoms with Crippen molar-refractivity contribution in [3.63, 3.8) is 0 Å². The molecular weight excluding hydrogens is 320 g/mol. The first-order chi connectivity index (χ1) is 11.3. The lowest BCUT2D eigenvalue weighted by molar-refractivity contribution is 0.0788. The van der Waals surface area contributed by atoms with Crippen LogP contribution in [0.5, 0.6) is 0 Å². The van der Waals surface area contributed by atoms with E-state index in [9.17, 15) is 0 Å². The molecule has 0 aromatic rings. The van der Waals surface area contributed by atoms with E-state index in [1.807, 2.05) is 23.5 Å². The molecule has 0 bridgehead atoms. The summed E-state index contributed by atoms with van der Waals surface area (Å²) in [4.78, 5) is 0. The topological polar surface area (TPSA) is 9.23 Å². The van der Waals surface area contributed by atoms with Crippen LogP contribution in [-0.2, 0) is 4.74 Å². The molecule has 0 N–H and O–H groups in total. The molecule has 0 aliphatic heterocycles. The molecule has 0 aliphatic rings. The zero-order valence-corrected chi connectivity index (χ0v) is 17.9. The molecule has 140 valence electrons. The highest BCUT2D eigenvalue weighted by Gasteiger charge is 2.14. The molecule has 3 heteroatoms. The summed E-state index contributed by atoms with van der Waals surface area (Å²) in [6.07, 6.45) is 23.3. The lowest BCUT2D eigenvalue weighted by atomic mass is 10.1. The van der Waals surface area contributed by atoms with E-state index in [4.69, 9.17) is 4.74 Å². The molecule has 0 aromatic carbocycles. The zero-order valence-electron chi connectivity index (χ0n) is 16.3. The van der Waals surface area contributed by atoms with Crippen LogP contribution < -0.4 is 0 Å². The molecule has 0 radical (unpaired) electrons. The van der Waals surface area contributed by atoms with E-state index in [1.165, 1.54) is 89.9 Å². The Morgan fingerprint density at radius 2 is 0.913 bits per heavy atom. The van der Waals surface area contributed by atoms with Gasteiger partial charge in [-0.15, -0.1) is 23.5 Å². The first-order valence-electron chi connectivity index (χ1n) is 9.99. The van der Waals surface area contributed by atoms with Crippen LogP contribution in [0.15, 0.2) is 0 Å². The van der Waals surface area contributed by atoms with E-state index in [0.717, 1.165) is 0 Å². The number of hydrogen-bond donors (Lipinski definition) is 0. The number of hydrogen-bond acceptors (Lipinski definition) is 3. The van der Waals surface area contributed by atoms with E-state index in [-0.39, 0.29) is 0 Å². The molecule has 0 rings (SSSR count). The van der Waals surface area contributed by atoms with E-state index in [2.05, 4.69) is 26.4 Å². The zero-order chi connectivity index (χ0) is 17.2. The molecule has 0 amide bonds. The summed E-state index contributed by atoms with van der Waals surface area (Å²) in [5.74, 6) is 0. The molecule has 0 saturated carbocycles. The van der Waals surface area contributed by atoms with Crippen LogP contribution >= 0.6 is 23.5 Å². The lowest BCUT2D eigenvalue weighted by Crippen LogP contribution is -2.17. The summed E-state index contributed by atoms with van der Waals surface area (Å²) >= 11 is 3.79. The summed E-state index contributed by atoms with van der Waals surface area (Å²) < 4.78 is 6.33. The van der Waals surface area contributed by atoms with Crippen molar-refractivity contribution >= 4 is 23.5 Å². The van der Waals surface area contributed by atoms with Gasteiger partial charge in [0.15, 0.2) is 0 Å². The number of rotatable bonds is 18. The minimum atomic E-state index is 0.402. The third kappa shape index (κ3) is 15.9. The molecule has 0 aliphatic carbocycles. The van der Waals surface area contributed by atoms with Gasteiger partial charge in [0.25, 0.3) is 0 Å². The predicted octanol–water partition coefficient (Wildman–Crippen LogP) is 7.88. The predicted molar refractivity (Wildman–Crippen MR) is 112 cm³/mol. The van der Waals surface area contributed by atoms with Crippen LogP contribution in [0, 0.1) is 0 Å². The lowest BCUT2D eigenvalue weighted by Gasteiger charge is -2.22. The van der Waals surface area contributed by atoms with Gasteiger partial charge in [0.05, 0.1) is 0 Å². The highest BCUT2D eigenvalue weighted by atomic mass is 32.2. The number of ether oxygens (including phenoxy) is 1. The SMILES string of the molecule is CCCCCCCCC(OC(CCCCCCCC)SC)SC. The Balaban J connectivity index is 3.70. The van der Waals surface area contributed by atoms with Gasteiger partial charge in [-0.25, -0.2) is 0 Å². The molecule has 1 nitrogen and oxygen atoms in total. The maximum Gasteiger partial charge on any atom is 0.104 e. The van der Waals surface area contributed by atoms with Gasteiger partial charge in [-0.3, -0.25) is 0 Å². The number of thioether (sulfide) groups is 2. The highest BCUT2D eigenvalue weighted by molar-refractivity contribution is 7.99. The van der Waals surface area contributed by atoms with Gasteiger partial charge in [-0.2, -0.15) is 0 Å². The molecule has 0 aromatic heterocycles. The van der Waals surface area contributed by atoms with Gasteiger partial charge >= 0.3 is 0 Å². The minimum absolute atomic E-state index is 0.402. The van der Waals surface area contributed by atoms with Crippen LogP contribution in [0.1, 0.15) is 104 Å². The summed E-state index contributed by atoms with van der Waals surface area (Å²) in [6.45, 7) is 4.56. The fourth-order valence-electron chi connectivity index (χ4n) is 2.83. The average Bonchev–Trinajstić information content (AvgIpc) is 2.58. The average molecular weight is 363 g/mol. The van der Waals surface area contributed by atoms with Crippen molar-refractivity contribution in [2.45, 2.75) is 115 Å². The second kappa shape index (κ2) is 19.0. The summed E-state index contributed by atoms with van der Waals surface area (Å²) in [6, 6.07) is 0. The molecule has 0 saturated heterocycles. The van der Waals surface area contributed by atoms with Crippen LogP contribution in [-0.4, -0.2) is 23.4 Å². The third-order valence-corrected chi connectivity index (χ3v) is 6.16. The first-order valence-corrected chi connectivity index (χ1v) is 12.6. The smallest absolute Gasteiger partial charge is 0.104 e. The second-order valence-electron chi connectivity index (χ2n) is 6.58. The molecule has 0 fully saturated rings. The molecule has 2 unspecified atom stereocenters. The van der Waals surface area contributed by atoms with E-state index >= 15 is 0 Å². The fourth-order valence-corrected chi connectivity index (χ4v) is 4.20. The van der Waals surface area contributed by atoms with Gasteiger partial charge in [0, 0.05) is 0 Å². The Bertz CT molecular complexity index is 202. The van der Waals surface area contributed by atoms with E-state index < -0.39 is 0 Å². The Kier molecular flexibility index (Phi) is 19.5. The van der Waals surface area contributed by atoms with Crippen LogP contribution in [0.2, 0.25) is 0 Å². The van der Waals surface area contributed by atoms with Crippen molar-refractivity contribution in [3.8, 4) is 0 Å². The maximum atomic E-state index is 6.33. The van der Waals surface area contributed by atoms with E-state index in [0.29, 0.717) is 10.9 Å². The van der Waals surface area contributed by atoms with Gasteiger partial charge in [0.1, 0.15) is 10.9 Å². The molecule has 2 atom stereocenters. The largest absolute Gasteiger partial charge is 0.354 e. The Labute approximate surface area is 155 Å². The summed E-state index contributed by atoms with van der Waals surface area (Å²) in [7, 11) is 0. The van der Waals surface area contributed by atoms with Gasteiger partial charge in [-0.1, -0.05) is 78.1 Å². The van der Waals surface area contributed by atoms with Crippen LogP contribution in [0.3, 0.4) is 0 Å².